The van der Waals surface area contributed by atoms with Crippen molar-refractivity contribution in [1.82, 2.24) is 10.2 Å². The molecular formula is C20H20N4O2. The first-order chi connectivity index (χ1) is 12.7. The van der Waals surface area contributed by atoms with Crippen molar-refractivity contribution in [3.05, 3.63) is 60.9 Å². The Morgan fingerprint density at radius 3 is 2.77 bits per heavy atom. The van der Waals surface area contributed by atoms with Gasteiger partial charge in [0.15, 0.2) is 0 Å². The predicted octanol–water partition coefficient (Wildman–Crippen LogP) is 3.30. The summed E-state index contributed by atoms with van der Waals surface area (Å²) in [7, 11) is 1.63. The number of amides is 1. The lowest BCUT2D eigenvalue weighted by atomic mass is 10.1. The summed E-state index contributed by atoms with van der Waals surface area (Å²) in [6.07, 6.45) is 4.40. The molecule has 0 aliphatic carbocycles. The highest BCUT2D eigenvalue weighted by molar-refractivity contribution is 6.01. The van der Waals surface area contributed by atoms with Crippen LogP contribution in [0, 0.1) is 0 Å². The third kappa shape index (κ3) is 3.13. The van der Waals surface area contributed by atoms with E-state index in [0.717, 1.165) is 34.7 Å². The highest BCUT2D eigenvalue weighted by Gasteiger charge is 2.32. The Balaban J connectivity index is 1.46. The molecule has 6 heteroatoms. The molecule has 0 saturated carbocycles. The van der Waals surface area contributed by atoms with E-state index in [9.17, 15) is 4.79 Å². The van der Waals surface area contributed by atoms with Gasteiger partial charge in [-0.05, 0) is 36.2 Å². The fourth-order valence-electron chi connectivity index (χ4n) is 3.23. The molecule has 1 aliphatic rings. The molecule has 0 unspecified atom stereocenters. The van der Waals surface area contributed by atoms with Crippen LogP contribution in [0.25, 0.3) is 11.1 Å². The van der Waals surface area contributed by atoms with Gasteiger partial charge in [-0.2, -0.15) is 5.10 Å². The number of benzene rings is 2. The van der Waals surface area contributed by atoms with Crippen molar-refractivity contribution in [2.24, 2.45) is 0 Å². The fourth-order valence-corrected chi connectivity index (χ4v) is 3.23. The van der Waals surface area contributed by atoms with Gasteiger partial charge in [0.1, 0.15) is 11.8 Å². The van der Waals surface area contributed by atoms with Crippen molar-refractivity contribution < 1.29 is 9.53 Å². The summed E-state index contributed by atoms with van der Waals surface area (Å²) in [6.45, 7) is 0.700. The van der Waals surface area contributed by atoms with Crippen LogP contribution in [0.3, 0.4) is 0 Å². The number of rotatable bonds is 5. The van der Waals surface area contributed by atoms with E-state index in [-0.39, 0.29) is 11.9 Å². The molecule has 1 aromatic heterocycles. The molecule has 1 aliphatic heterocycles. The number of hydrogen-bond donors (Lipinski definition) is 2. The third-order valence-corrected chi connectivity index (χ3v) is 4.63. The molecular weight excluding hydrogens is 328 g/mol. The quantitative estimate of drug-likeness (QED) is 0.742. The smallest absolute Gasteiger partial charge is 0.249 e. The highest BCUT2D eigenvalue weighted by atomic mass is 16.5. The van der Waals surface area contributed by atoms with Crippen LogP contribution in [-0.4, -0.2) is 35.8 Å². The van der Waals surface area contributed by atoms with Crippen LogP contribution in [0.5, 0.6) is 5.75 Å². The standard InChI is InChI=1S/C20H20N4O2/c1-26-18-4-2-3-16(11-18)23-19-9-10-24(20(19)25)17-7-5-14(6-8-17)15-12-21-22-13-15/h2-8,11-13,19,23H,9-10H2,1H3,(H,21,22)/t19-/m1/s1. The zero-order valence-corrected chi connectivity index (χ0v) is 14.5. The molecule has 0 bridgehead atoms. The molecule has 0 radical (unpaired) electrons. The molecule has 2 heterocycles. The molecule has 3 aromatic rings. The molecule has 1 amide bonds. The largest absolute Gasteiger partial charge is 0.497 e. The number of methoxy groups -OCH3 is 1. The summed E-state index contributed by atoms with van der Waals surface area (Å²) in [4.78, 5) is 14.6. The lowest BCUT2D eigenvalue weighted by Crippen LogP contribution is -2.33. The number of H-pyrrole nitrogens is 1. The molecule has 2 aromatic carbocycles. The van der Waals surface area contributed by atoms with Crippen molar-refractivity contribution in [2.45, 2.75) is 12.5 Å². The van der Waals surface area contributed by atoms with E-state index in [0.29, 0.717) is 6.54 Å². The van der Waals surface area contributed by atoms with Gasteiger partial charge in [-0.15, -0.1) is 0 Å². The lowest BCUT2D eigenvalue weighted by molar-refractivity contribution is -0.117. The van der Waals surface area contributed by atoms with Gasteiger partial charge < -0.3 is 15.0 Å². The van der Waals surface area contributed by atoms with E-state index in [4.69, 9.17) is 4.74 Å². The van der Waals surface area contributed by atoms with Crippen LogP contribution in [0.15, 0.2) is 60.9 Å². The van der Waals surface area contributed by atoms with E-state index < -0.39 is 0 Å². The van der Waals surface area contributed by atoms with Crippen LogP contribution in [0.4, 0.5) is 11.4 Å². The van der Waals surface area contributed by atoms with Gasteiger partial charge in [0.2, 0.25) is 5.91 Å². The summed E-state index contributed by atoms with van der Waals surface area (Å²) in [5.74, 6) is 0.857. The van der Waals surface area contributed by atoms with Gasteiger partial charge in [0.25, 0.3) is 0 Å². The minimum Gasteiger partial charge on any atom is -0.497 e. The molecule has 132 valence electrons. The second-order valence-electron chi connectivity index (χ2n) is 6.24. The Labute approximate surface area is 151 Å². The number of carbonyl (C=O) groups is 1. The normalized spacial score (nSPS) is 16.7. The average Bonchev–Trinajstić information content (AvgIpc) is 3.33. The van der Waals surface area contributed by atoms with Crippen molar-refractivity contribution in [3.63, 3.8) is 0 Å². The van der Waals surface area contributed by atoms with Gasteiger partial charge in [-0.1, -0.05) is 18.2 Å². The minimum absolute atomic E-state index is 0.0869. The van der Waals surface area contributed by atoms with E-state index in [1.54, 1.807) is 13.3 Å². The van der Waals surface area contributed by atoms with Gasteiger partial charge in [-0.25, -0.2) is 0 Å². The topological polar surface area (TPSA) is 70.2 Å². The Hall–Kier alpha value is -3.28. The van der Waals surface area contributed by atoms with Crippen LogP contribution >= 0.6 is 0 Å². The van der Waals surface area contributed by atoms with Gasteiger partial charge in [0.05, 0.1) is 13.3 Å². The summed E-state index contributed by atoms with van der Waals surface area (Å²) in [5.41, 5.74) is 3.90. The summed E-state index contributed by atoms with van der Waals surface area (Å²) >= 11 is 0. The van der Waals surface area contributed by atoms with Crippen LogP contribution < -0.4 is 15.0 Å². The fraction of sp³-hybridized carbons (Fsp3) is 0.200. The van der Waals surface area contributed by atoms with Crippen molar-refractivity contribution in [1.29, 1.82) is 0 Å². The Bertz CT molecular complexity index is 890. The first-order valence-electron chi connectivity index (χ1n) is 8.56. The zero-order chi connectivity index (χ0) is 17.9. The van der Waals surface area contributed by atoms with Crippen molar-refractivity contribution in [3.8, 4) is 16.9 Å². The van der Waals surface area contributed by atoms with E-state index in [1.165, 1.54) is 0 Å². The minimum atomic E-state index is -0.226. The zero-order valence-electron chi connectivity index (χ0n) is 14.5. The second kappa shape index (κ2) is 6.92. The Kier molecular flexibility index (Phi) is 4.31. The SMILES string of the molecule is COc1cccc(N[C@@H]2CCN(c3ccc(-c4cn[nH]c4)cc3)C2=O)c1. The monoisotopic (exact) mass is 348 g/mol. The molecule has 1 fully saturated rings. The van der Waals surface area contributed by atoms with Gasteiger partial charge in [-0.3, -0.25) is 9.89 Å². The van der Waals surface area contributed by atoms with Gasteiger partial charge >= 0.3 is 0 Å². The number of hydrogen-bond acceptors (Lipinski definition) is 4. The summed E-state index contributed by atoms with van der Waals surface area (Å²) in [6, 6.07) is 15.4. The molecule has 1 atom stereocenters. The number of anilines is 2. The van der Waals surface area contributed by atoms with E-state index >= 15 is 0 Å². The highest BCUT2D eigenvalue weighted by Crippen LogP contribution is 2.27. The summed E-state index contributed by atoms with van der Waals surface area (Å²) in [5, 5.41) is 10.1. The number of aromatic nitrogens is 2. The van der Waals surface area contributed by atoms with E-state index in [2.05, 4.69) is 15.5 Å². The van der Waals surface area contributed by atoms with Crippen LogP contribution in [0.2, 0.25) is 0 Å². The molecule has 0 spiro atoms. The molecule has 6 nitrogen and oxygen atoms in total. The first kappa shape index (κ1) is 16.2. The number of nitrogens with zero attached hydrogens (tertiary/aromatic N) is 2. The predicted molar refractivity (Wildman–Crippen MR) is 101 cm³/mol. The number of ether oxygens (including phenoxy) is 1. The molecule has 2 N–H and O–H groups in total. The maximum Gasteiger partial charge on any atom is 0.249 e. The molecule has 4 rings (SSSR count). The second-order valence-corrected chi connectivity index (χ2v) is 6.24. The number of carbonyl (C=O) groups excluding carboxylic acids is 1. The summed E-state index contributed by atoms with van der Waals surface area (Å²) < 4.78 is 5.24. The van der Waals surface area contributed by atoms with Crippen molar-refractivity contribution >= 4 is 17.3 Å². The van der Waals surface area contributed by atoms with Gasteiger partial charge in [0, 0.05) is 35.7 Å². The van der Waals surface area contributed by atoms with Crippen LogP contribution in [0.1, 0.15) is 6.42 Å². The Morgan fingerprint density at radius 2 is 2.04 bits per heavy atom. The van der Waals surface area contributed by atoms with E-state index in [1.807, 2.05) is 59.6 Å². The lowest BCUT2D eigenvalue weighted by Gasteiger charge is -2.18. The first-order valence-corrected chi connectivity index (χ1v) is 8.56. The molecule has 26 heavy (non-hydrogen) atoms. The molecule has 1 saturated heterocycles. The van der Waals surface area contributed by atoms with Crippen LogP contribution in [-0.2, 0) is 4.79 Å². The third-order valence-electron chi connectivity index (χ3n) is 4.63. The number of nitrogens with one attached hydrogen (secondary N) is 2. The Morgan fingerprint density at radius 1 is 1.19 bits per heavy atom. The maximum absolute atomic E-state index is 12.8. The maximum atomic E-state index is 12.8. The van der Waals surface area contributed by atoms with Crippen molar-refractivity contribution in [2.75, 3.05) is 23.9 Å². The average molecular weight is 348 g/mol. The number of aromatic amines is 1.